The number of halogens is 4. The van der Waals surface area contributed by atoms with Crippen LogP contribution in [0, 0.1) is 0 Å². The summed E-state index contributed by atoms with van der Waals surface area (Å²) in [5.41, 5.74) is 5.09. The van der Waals surface area contributed by atoms with Gasteiger partial charge in [0.15, 0.2) is 0 Å². The molecule has 0 fully saturated rings. The van der Waals surface area contributed by atoms with Crippen LogP contribution in [0.4, 0.5) is 13.2 Å². The van der Waals surface area contributed by atoms with E-state index < -0.39 is 17.8 Å². The number of aliphatic hydroxyl groups is 1. The van der Waals surface area contributed by atoms with E-state index in [2.05, 4.69) is 0 Å². The van der Waals surface area contributed by atoms with Gasteiger partial charge in [-0.2, -0.15) is 13.2 Å². The summed E-state index contributed by atoms with van der Waals surface area (Å²) >= 11 is 0. The number of aliphatic hydroxyl groups excluding tert-OH is 1. The SMILES string of the molecule is COc1ccc(C(F)(F)F)cc1CC(N)CO.Cl. The molecule has 0 spiro atoms. The lowest BCUT2D eigenvalue weighted by Gasteiger charge is -2.15. The van der Waals surface area contributed by atoms with Crippen molar-refractivity contribution in [2.24, 2.45) is 5.73 Å². The molecule has 3 N–H and O–H groups in total. The molecule has 0 aliphatic carbocycles. The van der Waals surface area contributed by atoms with Crippen molar-refractivity contribution < 1.29 is 23.0 Å². The topological polar surface area (TPSA) is 55.5 Å². The third-order valence-electron chi connectivity index (χ3n) is 2.32. The van der Waals surface area contributed by atoms with Gasteiger partial charge in [0.25, 0.3) is 0 Å². The second kappa shape index (κ2) is 6.82. The Labute approximate surface area is 109 Å². The molecule has 0 radical (unpaired) electrons. The summed E-state index contributed by atoms with van der Waals surface area (Å²) in [4.78, 5) is 0. The fourth-order valence-corrected chi connectivity index (χ4v) is 1.46. The van der Waals surface area contributed by atoms with E-state index in [1.54, 1.807) is 0 Å². The average Bonchev–Trinajstić information content (AvgIpc) is 2.27. The van der Waals surface area contributed by atoms with Crippen LogP contribution in [-0.2, 0) is 12.6 Å². The minimum atomic E-state index is -4.40. The predicted molar refractivity (Wildman–Crippen MR) is 64.0 cm³/mol. The maximum Gasteiger partial charge on any atom is 0.416 e. The summed E-state index contributed by atoms with van der Waals surface area (Å²) in [6.45, 7) is -0.292. The van der Waals surface area contributed by atoms with Crippen molar-refractivity contribution in [3.05, 3.63) is 29.3 Å². The van der Waals surface area contributed by atoms with Crippen LogP contribution in [0.1, 0.15) is 11.1 Å². The molecule has 104 valence electrons. The van der Waals surface area contributed by atoms with Crippen LogP contribution < -0.4 is 10.5 Å². The molecule has 18 heavy (non-hydrogen) atoms. The molecule has 0 saturated heterocycles. The van der Waals surface area contributed by atoms with Crippen molar-refractivity contribution in [1.29, 1.82) is 0 Å². The second-order valence-electron chi connectivity index (χ2n) is 3.67. The molecule has 1 aromatic rings. The van der Waals surface area contributed by atoms with Gasteiger partial charge in [-0.15, -0.1) is 12.4 Å². The quantitative estimate of drug-likeness (QED) is 0.890. The molecular weight excluding hydrogens is 271 g/mol. The highest BCUT2D eigenvalue weighted by Gasteiger charge is 2.31. The highest BCUT2D eigenvalue weighted by atomic mass is 35.5. The Morgan fingerprint density at radius 3 is 2.44 bits per heavy atom. The molecule has 0 amide bonds. The monoisotopic (exact) mass is 285 g/mol. The Balaban J connectivity index is 0.00000289. The van der Waals surface area contributed by atoms with E-state index in [1.165, 1.54) is 13.2 Å². The number of hydrogen-bond acceptors (Lipinski definition) is 3. The fraction of sp³-hybridized carbons (Fsp3) is 0.455. The Morgan fingerprint density at radius 1 is 1.39 bits per heavy atom. The molecule has 0 heterocycles. The van der Waals surface area contributed by atoms with Gasteiger partial charge in [-0.1, -0.05) is 0 Å². The van der Waals surface area contributed by atoms with Gasteiger partial charge in [0.05, 0.1) is 19.3 Å². The van der Waals surface area contributed by atoms with Gasteiger partial charge in [-0.3, -0.25) is 0 Å². The summed E-state index contributed by atoms with van der Waals surface area (Å²) in [6, 6.07) is 2.59. The highest BCUT2D eigenvalue weighted by molar-refractivity contribution is 5.85. The first-order chi connectivity index (χ1) is 7.88. The largest absolute Gasteiger partial charge is 0.496 e. The molecule has 0 aliphatic rings. The Morgan fingerprint density at radius 2 is 2.00 bits per heavy atom. The third-order valence-corrected chi connectivity index (χ3v) is 2.32. The molecule has 0 aromatic heterocycles. The van der Waals surface area contributed by atoms with Crippen LogP contribution in [0.15, 0.2) is 18.2 Å². The minimum absolute atomic E-state index is 0. The van der Waals surface area contributed by atoms with E-state index in [0.717, 1.165) is 12.1 Å². The number of ether oxygens (including phenoxy) is 1. The fourth-order valence-electron chi connectivity index (χ4n) is 1.46. The standard InChI is InChI=1S/C11H14F3NO2.ClH/c1-17-10-3-2-8(11(12,13)14)4-7(10)5-9(15)6-16;/h2-4,9,16H,5-6,15H2,1H3;1H. The van der Waals surface area contributed by atoms with Gasteiger partial charge >= 0.3 is 6.18 Å². The van der Waals surface area contributed by atoms with E-state index in [4.69, 9.17) is 15.6 Å². The molecule has 7 heteroatoms. The molecule has 0 bridgehead atoms. The minimum Gasteiger partial charge on any atom is -0.496 e. The van der Waals surface area contributed by atoms with Crippen molar-refractivity contribution in [3.8, 4) is 5.75 Å². The smallest absolute Gasteiger partial charge is 0.416 e. The lowest BCUT2D eigenvalue weighted by Crippen LogP contribution is -2.27. The van der Waals surface area contributed by atoms with E-state index >= 15 is 0 Å². The highest BCUT2D eigenvalue weighted by Crippen LogP contribution is 2.32. The number of alkyl halides is 3. The van der Waals surface area contributed by atoms with E-state index in [-0.39, 0.29) is 25.4 Å². The molecule has 1 rings (SSSR count). The number of rotatable bonds is 4. The first-order valence-corrected chi connectivity index (χ1v) is 4.99. The number of methoxy groups -OCH3 is 1. The van der Waals surface area contributed by atoms with E-state index in [9.17, 15) is 13.2 Å². The Hall–Kier alpha value is -0.980. The average molecular weight is 286 g/mol. The van der Waals surface area contributed by atoms with Crippen LogP contribution in [0.25, 0.3) is 0 Å². The lowest BCUT2D eigenvalue weighted by atomic mass is 10.0. The van der Waals surface area contributed by atoms with Crippen molar-refractivity contribution >= 4 is 12.4 Å². The van der Waals surface area contributed by atoms with Crippen LogP contribution in [0.2, 0.25) is 0 Å². The van der Waals surface area contributed by atoms with E-state index in [0.29, 0.717) is 11.3 Å². The van der Waals surface area contributed by atoms with Gasteiger partial charge in [0.1, 0.15) is 5.75 Å². The zero-order valence-electron chi connectivity index (χ0n) is 9.70. The van der Waals surface area contributed by atoms with Crippen LogP contribution >= 0.6 is 12.4 Å². The van der Waals surface area contributed by atoms with Crippen molar-refractivity contribution in [1.82, 2.24) is 0 Å². The zero-order chi connectivity index (χ0) is 13.1. The number of hydrogen-bond donors (Lipinski definition) is 2. The van der Waals surface area contributed by atoms with E-state index in [1.807, 2.05) is 0 Å². The first kappa shape index (κ1) is 17.0. The van der Waals surface area contributed by atoms with Crippen molar-refractivity contribution in [2.75, 3.05) is 13.7 Å². The molecule has 3 nitrogen and oxygen atoms in total. The Kier molecular flexibility index (Phi) is 6.45. The number of benzene rings is 1. The van der Waals surface area contributed by atoms with Gasteiger partial charge < -0.3 is 15.6 Å². The molecule has 1 atom stereocenters. The second-order valence-corrected chi connectivity index (χ2v) is 3.67. The maximum atomic E-state index is 12.5. The summed E-state index contributed by atoms with van der Waals surface area (Å²) in [7, 11) is 1.37. The normalized spacial score (nSPS) is 12.8. The molecule has 1 aromatic carbocycles. The molecule has 0 aliphatic heterocycles. The Bertz CT molecular complexity index is 385. The zero-order valence-corrected chi connectivity index (χ0v) is 10.5. The maximum absolute atomic E-state index is 12.5. The lowest BCUT2D eigenvalue weighted by molar-refractivity contribution is -0.137. The molecular formula is C11H15ClF3NO2. The van der Waals surface area contributed by atoms with Crippen LogP contribution in [-0.4, -0.2) is 24.9 Å². The number of nitrogens with two attached hydrogens (primary N) is 1. The van der Waals surface area contributed by atoms with Crippen LogP contribution in [0.5, 0.6) is 5.75 Å². The van der Waals surface area contributed by atoms with Crippen molar-refractivity contribution in [2.45, 2.75) is 18.6 Å². The predicted octanol–water partition coefficient (Wildman–Crippen LogP) is 2.00. The first-order valence-electron chi connectivity index (χ1n) is 4.99. The van der Waals surface area contributed by atoms with Gasteiger partial charge in [0.2, 0.25) is 0 Å². The molecule has 1 unspecified atom stereocenters. The third kappa shape index (κ3) is 4.36. The summed E-state index contributed by atoms with van der Waals surface area (Å²) < 4.78 is 42.5. The van der Waals surface area contributed by atoms with Crippen LogP contribution in [0.3, 0.4) is 0 Å². The summed E-state index contributed by atoms with van der Waals surface area (Å²) in [6.07, 6.45) is -4.27. The van der Waals surface area contributed by atoms with Gasteiger partial charge in [-0.25, -0.2) is 0 Å². The summed E-state index contributed by atoms with van der Waals surface area (Å²) in [5.74, 6) is 0.335. The summed E-state index contributed by atoms with van der Waals surface area (Å²) in [5, 5.41) is 8.80. The van der Waals surface area contributed by atoms with Crippen molar-refractivity contribution in [3.63, 3.8) is 0 Å². The van der Waals surface area contributed by atoms with Gasteiger partial charge in [-0.05, 0) is 30.2 Å². The van der Waals surface area contributed by atoms with Gasteiger partial charge in [0, 0.05) is 6.04 Å². The molecule has 0 saturated carbocycles.